The molecule has 15 heavy (non-hydrogen) atoms. The molecule has 0 atom stereocenters. The van der Waals surface area contributed by atoms with Gasteiger partial charge in [0.15, 0.2) is 0 Å². The first-order chi connectivity index (χ1) is 7.31. The highest BCUT2D eigenvalue weighted by Gasteiger charge is 2.14. The van der Waals surface area contributed by atoms with Crippen LogP contribution in [0, 0.1) is 6.42 Å². The topological polar surface area (TPSA) is 29.5 Å². The fourth-order valence-corrected chi connectivity index (χ4v) is 1.77. The summed E-state index contributed by atoms with van der Waals surface area (Å²) in [6.45, 7) is 2.00. The maximum absolute atomic E-state index is 11.3. The second-order valence-corrected chi connectivity index (χ2v) is 3.57. The lowest BCUT2D eigenvalue weighted by atomic mass is 10.2. The normalized spacial score (nSPS) is 15.4. The van der Waals surface area contributed by atoms with Crippen molar-refractivity contribution in [3.8, 4) is 0 Å². The Hall–Kier alpha value is -1.51. The molecule has 0 bridgehead atoms. The van der Waals surface area contributed by atoms with E-state index < -0.39 is 0 Å². The molecule has 0 N–H and O–H groups in total. The van der Waals surface area contributed by atoms with Gasteiger partial charge in [0.05, 0.1) is 12.7 Å². The van der Waals surface area contributed by atoms with Crippen LogP contribution in [0.25, 0.3) is 0 Å². The Balaban J connectivity index is 2.21. The van der Waals surface area contributed by atoms with E-state index in [2.05, 4.69) is 16.1 Å². The number of methoxy groups -OCH3 is 1. The second kappa shape index (κ2) is 4.34. The van der Waals surface area contributed by atoms with Gasteiger partial charge in [-0.1, -0.05) is 6.07 Å². The molecule has 0 aromatic heterocycles. The number of ether oxygens (including phenoxy) is 1. The van der Waals surface area contributed by atoms with E-state index in [4.69, 9.17) is 0 Å². The zero-order chi connectivity index (χ0) is 10.7. The van der Waals surface area contributed by atoms with Gasteiger partial charge in [-0.05, 0) is 31.0 Å². The number of carbonyl (C=O) groups excluding carboxylic acids is 1. The van der Waals surface area contributed by atoms with E-state index in [1.165, 1.54) is 7.11 Å². The summed E-state index contributed by atoms with van der Waals surface area (Å²) in [5.74, 6) is -0.278. The largest absolute Gasteiger partial charge is 0.465 e. The molecule has 0 aliphatic carbocycles. The molecule has 79 valence electrons. The quantitative estimate of drug-likeness (QED) is 0.689. The molecule has 0 spiro atoms. The monoisotopic (exact) mass is 204 g/mol. The summed E-state index contributed by atoms with van der Waals surface area (Å²) in [5, 5.41) is 0. The van der Waals surface area contributed by atoms with Crippen LogP contribution in [0.15, 0.2) is 24.3 Å². The molecular formula is C12H14NO2. The van der Waals surface area contributed by atoms with Gasteiger partial charge in [0.2, 0.25) is 0 Å². The minimum absolute atomic E-state index is 0.278. The zero-order valence-electron chi connectivity index (χ0n) is 8.77. The summed E-state index contributed by atoms with van der Waals surface area (Å²) in [7, 11) is 1.40. The average Bonchev–Trinajstić information content (AvgIpc) is 2.82. The van der Waals surface area contributed by atoms with E-state index >= 15 is 0 Å². The van der Waals surface area contributed by atoms with Crippen LogP contribution in [0.1, 0.15) is 16.8 Å². The predicted octanol–water partition coefficient (Wildman–Crippen LogP) is 1.89. The van der Waals surface area contributed by atoms with Gasteiger partial charge < -0.3 is 9.64 Å². The molecule has 3 nitrogen and oxygen atoms in total. The maximum Gasteiger partial charge on any atom is 0.337 e. The molecule has 3 heteroatoms. The first-order valence-corrected chi connectivity index (χ1v) is 5.06. The van der Waals surface area contributed by atoms with Gasteiger partial charge >= 0.3 is 5.97 Å². The molecule has 1 aliphatic heterocycles. The Labute approximate surface area is 89.7 Å². The molecular weight excluding hydrogens is 190 g/mol. The van der Waals surface area contributed by atoms with Crippen LogP contribution in [-0.4, -0.2) is 26.2 Å². The van der Waals surface area contributed by atoms with E-state index in [0.717, 1.165) is 25.2 Å². The minimum Gasteiger partial charge on any atom is -0.465 e. The zero-order valence-corrected chi connectivity index (χ0v) is 8.77. The summed E-state index contributed by atoms with van der Waals surface area (Å²) in [6, 6.07) is 7.56. The van der Waals surface area contributed by atoms with Crippen LogP contribution in [0.2, 0.25) is 0 Å². The lowest BCUT2D eigenvalue weighted by Crippen LogP contribution is -2.18. The van der Waals surface area contributed by atoms with Crippen LogP contribution >= 0.6 is 0 Å². The number of hydrogen-bond donors (Lipinski definition) is 0. The van der Waals surface area contributed by atoms with E-state index in [-0.39, 0.29) is 5.97 Å². The molecule has 0 amide bonds. The van der Waals surface area contributed by atoms with Gasteiger partial charge in [-0.15, -0.1) is 0 Å². The van der Waals surface area contributed by atoms with Crippen molar-refractivity contribution < 1.29 is 9.53 Å². The first kappa shape index (κ1) is 10.0. The van der Waals surface area contributed by atoms with Crippen molar-refractivity contribution in [2.75, 3.05) is 25.1 Å². The molecule has 1 radical (unpaired) electrons. The molecule has 1 aromatic rings. The fraction of sp³-hybridized carbons (Fsp3) is 0.333. The van der Waals surface area contributed by atoms with Gasteiger partial charge in [-0.2, -0.15) is 0 Å². The van der Waals surface area contributed by atoms with E-state index in [9.17, 15) is 4.79 Å². The van der Waals surface area contributed by atoms with Gasteiger partial charge in [-0.3, -0.25) is 0 Å². The Morgan fingerprint density at radius 2 is 2.33 bits per heavy atom. The molecule has 0 unspecified atom stereocenters. The number of nitrogens with zero attached hydrogens (tertiary/aromatic N) is 1. The van der Waals surface area contributed by atoms with Crippen molar-refractivity contribution in [2.45, 2.75) is 6.42 Å². The van der Waals surface area contributed by atoms with Crippen molar-refractivity contribution in [3.05, 3.63) is 36.2 Å². The van der Waals surface area contributed by atoms with Crippen LogP contribution in [0.5, 0.6) is 0 Å². The van der Waals surface area contributed by atoms with E-state index in [0.29, 0.717) is 5.56 Å². The molecule has 1 aromatic carbocycles. The van der Waals surface area contributed by atoms with Gasteiger partial charge in [0.25, 0.3) is 0 Å². The number of hydrogen-bond acceptors (Lipinski definition) is 3. The molecule has 1 heterocycles. The highest BCUT2D eigenvalue weighted by Crippen LogP contribution is 2.20. The third-order valence-corrected chi connectivity index (χ3v) is 2.59. The number of rotatable bonds is 2. The van der Waals surface area contributed by atoms with Gasteiger partial charge in [0.1, 0.15) is 0 Å². The van der Waals surface area contributed by atoms with Crippen molar-refractivity contribution in [1.82, 2.24) is 0 Å². The lowest BCUT2D eigenvalue weighted by molar-refractivity contribution is 0.0601. The molecule has 1 saturated heterocycles. The van der Waals surface area contributed by atoms with Crippen molar-refractivity contribution in [1.29, 1.82) is 0 Å². The highest BCUT2D eigenvalue weighted by atomic mass is 16.5. The minimum atomic E-state index is -0.278. The number of esters is 1. The highest BCUT2D eigenvalue weighted by molar-refractivity contribution is 5.90. The maximum atomic E-state index is 11.3. The Kier molecular flexibility index (Phi) is 2.90. The van der Waals surface area contributed by atoms with Crippen molar-refractivity contribution >= 4 is 11.7 Å². The Bertz CT molecular complexity index is 356. The Morgan fingerprint density at radius 1 is 1.47 bits per heavy atom. The van der Waals surface area contributed by atoms with Crippen molar-refractivity contribution in [2.24, 2.45) is 0 Å². The third-order valence-electron chi connectivity index (χ3n) is 2.59. The number of carbonyl (C=O) groups is 1. The van der Waals surface area contributed by atoms with E-state index in [1.807, 2.05) is 18.2 Å². The Morgan fingerprint density at radius 3 is 3.00 bits per heavy atom. The molecule has 1 fully saturated rings. The van der Waals surface area contributed by atoms with Gasteiger partial charge in [-0.25, -0.2) is 4.79 Å². The standard InChI is InChI=1S/C12H14NO2/c1-15-12(14)10-5-4-6-11(9-10)13-7-2-3-8-13/h2,4-6,9H,3,7-8H2,1H3. The van der Waals surface area contributed by atoms with Crippen LogP contribution < -0.4 is 4.90 Å². The second-order valence-electron chi connectivity index (χ2n) is 3.57. The van der Waals surface area contributed by atoms with Crippen molar-refractivity contribution in [3.63, 3.8) is 0 Å². The van der Waals surface area contributed by atoms with Crippen LogP contribution in [-0.2, 0) is 4.74 Å². The summed E-state index contributed by atoms with van der Waals surface area (Å²) >= 11 is 0. The predicted molar refractivity (Wildman–Crippen MR) is 58.9 cm³/mol. The molecule has 2 rings (SSSR count). The van der Waals surface area contributed by atoms with E-state index in [1.54, 1.807) is 6.07 Å². The summed E-state index contributed by atoms with van der Waals surface area (Å²) in [5.41, 5.74) is 1.70. The smallest absolute Gasteiger partial charge is 0.337 e. The molecule has 0 saturated carbocycles. The lowest BCUT2D eigenvalue weighted by Gasteiger charge is -2.17. The molecule has 1 aliphatic rings. The first-order valence-electron chi connectivity index (χ1n) is 5.06. The fourth-order valence-electron chi connectivity index (χ4n) is 1.77. The average molecular weight is 204 g/mol. The SMILES string of the molecule is COC(=O)c1cccc(N2C[CH]CC2)c1. The van der Waals surface area contributed by atoms with Crippen LogP contribution in [0.3, 0.4) is 0 Å². The summed E-state index contributed by atoms with van der Waals surface area (Å²) in [4.78, 5) is 13.6. The van der Waals surface area contributed by atoms with Crippen LogP contribution in [0.4, 0.5) is 5.69 Å². The number of benzene rings is 1. The summed E-state index contributed by atoms with van der Waals surface area (Å²) in [6.07, 6.45) is 3.35. The third kappa shape index (κ3) is 2.12. The summed E-state index contributed by atoms with van der Waals surface area (Å²) < 4.78 is 4.69. The van der Waals surface area contributed by atoms with Gasteiger partial charge in [0, 0.05) is 18.8 Å². The number of anilines is 1.